The molecular weight excluding hydrogens is 332 g/mol. The number of epoxide rings is 1. The highest BCUT2D eigenvalue weighted by atomic mass is 28.4. The molecule has 1 fully saturated rings. The molecule has 0 aromatic carbocycles. The molecule has 0 aromatic heterocycles. The predicted molar refractivity (Wildman–Crippen MR) is 90.3 cm³/mol. The lowest BCUT2D eigenvalue weighted by Gasteiger charge is -2.28. The number of carbonyl (C=O) groups is 1. The molecule has 0 saturated carbocycles. The maximum Gasteiger partial charge on any atom is 0.532 e. The molecule has 1 rings (SSSR count). The quantitative estimate of drug-likeness (QED) is 0.173. The van der Waals surface area contributed by atoms with Crippen molar-refractivity contribution in [3.05, 3.63) is 10.8 Å². The Hall–Kier alpha value is -0.773. The van der Waals surface area contributed by atoms with Gasteiger partial charge in [0.05, 0.1) is 13.2 Å². The molecule has 1 aliphatic rings. The van der Waals surface area contributed by atoms with Crippen LogP contribution in [-0.4, -0.2) is 61.7 Å². The van der Waals surface area contributed by atoms with Gasteiger partial charge in [0.25, 0.3) is 0 Å². The van der Waals surface area contributed by atoms with Gasteiger partial charge in [0, 0.05) is 38.5 Å². The number of allylic oxidation sites excluding steroid dienone is 1. The maximum absolute atomic E-state index is 12.5. The summed E-state index contributed by atoms with van der Waals surface area (Å²) in [4.78, 5) is 12.5. The van der Waals surface area contributed by atoms with Gasteiger partial charge in [-0.05, 0) is 13.3 Å². The predicted octanol–water partition coefficient (Wildman–Crippen LogP) is 2.21. The van der Waals surface area contributed by atoms with Crippen molar-refractivity contribution < 1.29 is 32.3 Å². The molecule has 0 bridgehead atoms. The topological polar surface area (TPSA) is 75.8 Å². The maximum atomic E-state index is 12.5. The van der Waals surface area contributed by atoms with E-state index in [9.17, 15) is 4.79 Å². The van der Waals surface area contributed by atoms with Gasteiger partial charge in [-0.15, -0.1) is 0 Å². The van der Waals surface area contributed by atoms with Crippen molar-refractivity contribution in [3.8, 4) is 0 Å². The fourth-order valence-corrected chi connectivity index (χ4v) is 4.74. The van der Waals surface area contributed by atoms with Gasteiger partial charge in [-0.1, -0.05) is 20.3 Å². The summed E-state index contributed by atoms with van der Waals surface area (Å²) < 4.78 is 32.7. The summed E-state index contributed by atoms with van der Waals surface area (Å²) in [5, 5.41) is 0.739. The van der Waals surface area contributed by atoms with Crippen LogP contribution in [0.5, 0.6) is 0 Å². The third-order valence-electron chi connectivity index (χ3n) is 3.88. The lowest BCUT2D eigenvalue weighted by Crippen LogP contribution is -2.46. The molecule has 8 heteroatoms. The van der Waals surface area contributed by atoms with Crippen LogP contribution in [0.1, 0.15) is 40.0 Å². The Kier molecular flexibility index (Phi) is 9.10. The minimum absolute atomic E-state index is 0.126. The van der Waals surface area contributed by atoms with E-state index in [1.54, 1.807) is 6.92 Å². The van der Waals surface area contributed by atoms with E-state index in [4.69, 9.17) is 27.5 Å². The van der Waals surface area contributed by atoms with E-state index in [0.717, 1.165) is 11.6 Å². The number of carbonyl (C=O) groups excluding carboxylic acids is 1. The van der Waals surface area contributed by atoms with Crippen LogP contribution in [0, 0.1) is 0 Å². The molecule has 0 radical (unpaired) electrons. The number of rotatable bonds is 12. The Morgan fingerprint density at radius 3 is 2.21 bits per heavy atom. The molecule has 0 spiro atoms. The van der Waals surface area contributed by atoms with E-state index in [2.05, 4.69) is 0 Å². The Balaban J connectivity index is 2.89. The Morgan fingerprint density at radius 1 is 1.21 bits per heavy atom. The molecule has 7 nitrogen and oxygen atoms in total. The van der Waals surface area contributed by atoms with Crippen LogP contribution in [0.4, 0.5) is 0 Å². The summed E-state index contributed by atoms with van der Waals surface area (Å²) in [5.74, 6) is -0.440. The standard InChI is InChI=1S/C16H30O7Si/c1-7-9-14(24(18-4,19-5)20-6)12(3)16(17)23-15(8-2)22-11-13-10-21-13/h13,15H,7-11H2,1-6H3. The molecule has 2 atom stereocenters. The van der Waals surface area contributed by atoms with E-state index in [0.29, 0.717) is 31.6 Å². The van der Waals surface area contributed by atoms with Crippen molar-refractivity contribution >= 4 is 14.8 Å². The first-order chi connectivity index (χ1) is 11.5. The van der Waals surface area contributed by atoms with E-state index >= 15 is 0 Å². The molecular formula is C16H30O7Si. The van der Waals surface area contributed by atoms with Gasteiger partial charge in [0.1, 0.15) is 6.10 Å². The highest BCUT2D eigenvalue weighted by molar-refractivity contribution is 6.69. The van der Waals surface area contributed by atoms with Gasteiger partial charge in [-0.2, -0.15) is 0 Å². The lowest BCUT2D eigenvalue weighted by atomic mass is 10.2. The normalized spacial score (nSPS) is 19.7. The second-order valence-electron chi connectivity index (χ2n) is 5.55. The van der Waals surface area contributed by atoms with E-state index < -0.39 is 21.1 Å². The highest BCUT2D eigenvalue weighted by Gasteiger charge is 2.44. The van der Waals surface area contributed by atoms with Crippen molar-refractivity contribution in [1.82, 2.24) is 0 Å². The monoisotopic (exact) mass is 362 g/mol. The molecule has 2 unspecified atom stereocenters. The summed E-state index contributed by atoms with van der Waals surface area (Å²) in [5.41, 5.74) is 0.457. The first-order valence-electron chi connectivity index (χ1n) is 8.27. The molecule has 1 saturated heterocycles. The second kappa shape index (κ2) is 10.3. The van der Waals surface area contributed by atoms with Gasteiger partial charge in [0.2, 0.25) is 6.29 Å². The van der Waals surface area contributed by atoms with Crippen LogP contribution >= 0.6 is 0 Å². The smallest absolute Gasteiger partial charge is 0.432 e. The molecule has 0 aromatic rings. The summed E-state index contributed by atoms with van der Waals surface area (Å²) in [6.07, 6.45) is 1.56. The summed E-state index contributed by atoms with van der Waals surface area (Å²) in [6, 6.07) is 0. The third-order valence-corrected chi connectivity index (χ3v) is 6.85. The molecule has 0 aliphatic carbocycles. The van der Waals surface area contributed by atoms with Crippen molar-refractivity contribution in [2.75, 3.05) is 34.5 Å². The molecule has 24 heavy (non-hydrogen) atoms. The van der Waals surface area contributed by atoms with Gasteiger partial charge in [-0.3, -0.25) is 0 Å². The zero-order valence-corrected chi connectivity index (χ0v) is 16.5. The summed E-state index contributed by atoms with van der Waals surface area (Å²) >= 11 is 0. The van der Waals surface area contributed by atoms with Gasteiger partial charge in [-0.25, -0.2) is 4.79 Å². The fraction of sp³-hybridized carbons (Fsp3) is 0.812. The van der Waals surface area contributed by atoms with Crippen LogP contribution in [0.3, 0.4) is 0 Å². The summed E-state index contributed by atoms with van der Waals surface area (Å²) in [7, 11) is 1.52. The van der Waals surface area contributed by atoms with Crippen molar-refractivity contribution in [2.45, 2.75) is 52.4 Å². The van der Waals surface area contributed by atoms with E-state index in [-0.39, 0.29) is 6.10 Å². The minimum atomic E-state index is -3.06. The first-order valence-corrected chi connectivity index (χ1v) is 10.00. The lowest BCUT2D eigenvalue weighted by molar-refractivity contribution is -0.175. The van der Waals surface area contributed by atoms with E-state index in [1.165, 1.54) is 21.3 Å². The van der Waals surface area contributed by atoms with Crippen LogP contribution in [0.2, 0.25) is 0 Å². The zero-order valence-electron chi connectivity index (χ0n) is 15.5. The van der Waals surface area contributed by atoms with Gasteiger partial charge < -0.3 is 27.5 Å². The minimum Gasteiger partial charge on any atom is -0.432 e. The second-order valence-corrected chi connectivity index (χ2v) is 8.49. The number of hydrogen-bond acceptors (Lipinski definition) is 7. The molecule has 140 valence electrons. The SMILES string of the molecule is CCCC(=C(C)C(=O)OC(CC)OCC1CO1)[Si](OC)(OC)OC. The average molecular weight is 362 g/mol. The highest BCUT2D eigenvalue weighted by Crippen LogP contribution is 2.26. The van der Waals surface area contributed by atoms with Crippen LogP contribution in [0.25, 0.3) is 0 Å². The van der Waals surface area contributed by atoms with E-state index in [1.807, 2.05) is 13.8 Å². The Morgan fingerprint density at radius 2 is 1.79 bits per heavy atom. The van der Waals surface area contributed by atoms with Crippen LogP contribution in [0.15, 0.2) is 10.8 Å². The summed E-state index contributed by atoms with van der Waals surface area (Å²) in [6.45, 7) is 6.77. The van der Waals surface area contributed by atoms with Crippen molar-refractivity contribution in [2.24, 2.45) is 0 Å². The zero-order chi connectivity index (χ0) is 18.2. The van der Waals surface area contributed by atoms with Gasteiger partial charge in [0.15, 0.2) is 0 Å². The number of ether oxygens (including phenoxy) is 3. The molecule has 0 N–H and O–H groups in total. The van der Waals surface area contributed by atoms with Crippen LogP contribution < -0.4 is 0 Å². The fourth-order valence-electron chi connectivity index (χ4n) is 2.38. The van der Waals surface area contributed by atoms with Gasteiger partial charge >= 0.3 is 14.8 Å². The third kappa shape index (κ3) is 5.64. The first kappa shape index (κ1) is 21.3. The van der Waals surface area contributed by atoms with Crippen LogP contribution in [-0.2, 0) is 32.3 Å². The Bertz CT molecular complexity index is 422. The average Bonchev–Trinajstić information content (AvgIpc) is 3.43. The molecule has 1 aliphatic heterocycles. The largest absolute Gasteiger partial charge is 0.532 e. The Labute approximate surface area is 145 Å². The van der Waals surface area contributed by atoms with Crippen molar-refractivity contribution in [3.63, 3.8) is 0 Å². The van der Waals surface area contributed by atoms with Crippen molar-refractivity contribution in [1.29, 1.82) is 0 Å². The number of esters is 1. The molecule has 1 heterocycles. The number of hydrogen-bond donors (Lipinski definition) is 0. The molecule has 0 amide bonds.